The van der Waals surface area contributed by atoms with Crippen molar-refractivity contribution >= 4 is 0 Å². The second-order valence-electron chi connectivity index (χ2n) is 2.61. The summed E-state index contributed by atoms with van der Waals surface area (Å²) in [4.78, 5) is 0. The van der Waals surface area contributed by atoms with E-state index in [0.717, 1.165) is 5.56 Å². The molecule has 1 atom stereocenters. The van der Waals surface area contributed by atoms with E-state index in [1.807, 2.05) is 37.3 Å². The molecule has 0 radical (unpaired) electrons. The van der Waals surface area contributed by atoms with Crippen LogP contribution in [-0.4, -0.2) is 11.2 Å². The lowest BCUT2D eigenvalue weighted by Crippen LogP contribution is -1.95. The van der Waals surface area contributed by atoms with Gasteiger partial charge in [-0.15, -0.1) is 0 Å². The lowest BCUT2D eigenvalue weighted by atomic mass is 10.2. The Hall–Kier alpha value is -1.52. The third kappa shape index (κ3) is 3.59. The quantitative estimate of drug-likeness (QED) is 0.507. The summed E-state index contributed by atoms with van der Waals surface area (Å²) in [6, 6.07) is 9.61. The molecule has 0 saturated heterocycles. The second kappa shape index (κ2) is 5.18. The first-order valence-corrected chi connectivity index (χ1v) is 4.20. The molecule has 0 bridgehead atoms. The van der Waals surface area contributed by atoms with E-state index in [1.165, 1.54) is 0 Å². The zero-order chi connectivity index (χ0) is 9.52. The highest BCUT2D eigenvalue weighted by molar-refractivity contribution is 5.35. The Morgan fingerprint density at radius 3 is 2.62 bits per heavy atom. The van der Waals surface area contributed by atoms with Gasteiger partial charge in [0.25, 0.3) is 0 Å². The molecular weight excluding hydrogens is 160 g/mol. The van der Waals surface area contributed by atoms with Crippen LogP contribution in [0.3, 0.4) is 0 Å². The largest absolute Gasteiger partial charge is 0.377 e. The van der Waals surface area contributed by atoms with Gasteiger partial charge in [0.15, 0.2) is 0 Å². The van der Waals surface area contributed by atoms with Crippen LogP contribution < -0.4 is 0 Å². The minimum absolute atomic E-state index is 0.662. The maximum absolute atomic E-state index is 9.25. The van der Waals surface area contributed by atoms with Crippen molar-refractivity contribution in [2.45, 2.75) is 13.0 Å². The number of aliphatic hydroxyl groups is 1. The van der Waals surface area contributed by atoms with E-state index in [1.54, 1.807) is 12.2 Å². The normalized spacial score (nSPS) is 12.2. The third-order valence-corrected chi connectivity index (χ3v) is 1.51. The summed E-state index contributed by atoms with van der Waals surface area (Å²) in [6.45, 7) is 1.85. The third-order valence-electron chi connectivity index (χ3n) is 1.51. The predicted octanol–water partition coefficient (Wildman–Crippen LogP) is 1.98. The van der Waals surface area contributed by atoms with E-state index in [2.05, 4.69) is 11.8 Å². The van der Waals surface area contributed by atoms with Crippen LogP contribution in [0.5, 0.6) is 0 Å². The van der Waals surface area contributed by atoms with Gasteiger partial charge in [0.05, 0.1) is 0 Å². The van der Waals surface area contributed by atoms with Gasteiger partial charge in [0.1, 0.15) is 6.10 Å². The van der Waals surface area contributed by atoms with E-state index < -0.39 is 6.10 Å². The van der Waals surface area contributed by atoms with E-state index in [9.17, 15) is 5.11 Å². The van der Waals surface area contributed by atoms with Crippen LogP contribution in [0.4, 0.5) is 0 Å². The van der Waals surface area contributed by atoms with Gasteiger partial charge in [-0.2, -0.15) is 0 Å². The van der Waals surface area contributed by atoms with Crippen molar-refractivity contribution in [2.75, 3.05) is 0 Å². The summed E-state index contributed by atoms with van der Waals surface area (Å²) in [6.07, 6.45) is 2.77. The Morgan fingerprint density at radius 2 is 2.00 bits per heavy atom. The molecule has 1 rings (SSSR count). The van der Waals surface area contributed by atoms with Crippen LogP contribution in [0.2, 0.25) is 0 Å². The molecule has 0 amide bonds. The number of rotatable bonds is 1. The standard InChI is InChI=1S/C12H12O/c1-2-6-12(13)10-9-11-7-4-3-5-8-11/h2-8,12-13H,1H3. The fourth-order valence-corrected chi connectivity index (χ4v) is 0.909. The Morgan fingerprint density at radius 1 is 1.31 bits per heavy atom. The smallest absolute Gasteiger partial charge is 0.133 e. The molecule has 1 aromatic carbocycles. The fourth-order valence-electron chi connectivity index (χ4n) is 0.909. The molecule has 0 fully saturated rings. The van der Waals surface area contributed by atoms with E-state index in [4.69, 9.17) is 0 Å². The maximum Gasteiger partial charge on any atom is 0.133 e. The zero-order valence-electron chi connectivity index (χ0n) is 7.57. The molecule has 0 spiro atoms. The van der Waals surface area contributed by atoms with Crippen molar-refractivity contribution in [3.8, 4) is 11.8 Å². The number of aliphatic hydroxyl groups excluding tert-OH is 1. The van der Waals surface area contributed by atoms with Crippen molar-refractivity contribution in [3.05, 3.63) is 48.0 Å². The van der Waals surface area contributed by atoms with E-state index >= 15 is 0 Å². The van der Waals surface area contributed by atoms with E-state index in [-0.39, 0.29) is 0 Å². The minimum atomic E-state index is -0.662. The summed E-state index contributed by atoms with van der Waals surface area (Å²) < 4.78 is 0. The monoisotopic (exact) mass is 172 g/mol. The van der Waals surface area contributed by atoms with Gasteiger partial charge >= 0.3 is 0 Å². The van der Waals surface area contributed by atoms with Crippen LogP contribution >= 0.6 is 0 Å². The van der Waals surface area contributed by atoms with Crippen LogP contribution in [0.25, 0.3) is 0 Å². The number of benzene rings is 1. The molecular formula is C12H12O. The van der Waals surface area contributed by atoms with Gasteiger partial charge in [-0.3, -0.25) is 0 Å². The molecule has 66 valence electrons. The van der Waals surface area contributed by atoms with Gasteiger partial charge in [-0.1, -0.05) is 36.1 Å². The maximum atomic E-state index is 9.25. The topological polar surface area (TPSA) is 20.2 Å². The Labute approximate surface area is 78.7 Å². The zero-order valence-corrected chi connectivity index (χ0v) is 7.57. The Kier molecular flexibility index (Phi) is 3.81. The van der Waals surface area contributed by atoms with Crippen LogP contribution in [-0.2, 0) is 0 Å². The van der Waals surface area contributed by atoms with Crippen molar-refractivity contribution < 1.29 is 5.11 Å². The van der Waals surface area contributed by atoms with Crippen molar-refractivity contribution in [1.82, 2.24) is 0 Å². The summed E-state index contributed by atoms with van der Waals surface area (Å²) in [5, 5.41) is 9.25. The van der Waals surface area contributed by atoms with Crippen LogP contribution in [0.1, 0.15) is 12.5 Å². The Balaban J connectivity index is 2.67. The summed E-state index contributed by atoms with van der Waals surface area (Å²) in [5.41, 5.74) is 0.922. The first kappa shape index (κ1) is 9.57. The van der Waals surface area contributed by atoms with Crippen molar-refractivity contribution in [3.63, 3.8) is 0 Å². The number of hydrogen-bond acceptors (Lipinski definition) is 1. The van der Waals surface area contributed by atoms with Gasteiger partial charge in [0.2, 0.25) is 0 Å². The highest BCUT2D eigenvalue weighted by Gasteiger charge is 1.88. The molecule has 1 unspecified atom stereocenters. The molecule has 0 aliphatic rings. The van der Waals surface area contributed by atoms with Crippen molar-refractivity contribution in [1.29, 1.82) is 0 Å². The average Bonchev–Trinajstić information content (AvgIpc) is 2.17. The van der Waals surface area contributed by atoms with Crippen LogP contribution in [0.15, 0.2) is 42.5 Å². The molecule has 1 nitrogen and oxygen atoms in total. The van der Waals surface area contributed by atoms with E-state index in [0.29, 0.717) is 0 Å². The predicted molar refractivity (Wildman–Crippen MR) is 54.1 cm³/mol. The summed E-state index contributed by atoms with van der Waals surface area (Å²) >= 11 is 0. The Bertz CT molecular complexity index is 327. The number of hydrogen-bond donors (Lipinski definition) is 1. The molecule has 0 saturated carbocycles. The van der Waals surface area contributed by atoms with Gasteiger partial charge in [-0.05, 0) is 25.1 Å². The fraction of sp³-hybridized carbons (Fsp3) is 0.167. The second-order valence-corrected chi connectivity index (χ2v) is 2.61. The molecule has 13 heavy (non-hydrogen) atoms. The molecule has 1 aromatic rings. The first-order chi connectivity index (χ1) is 6.33. The molecule has 0 heterocycles. The van der Waals surface area contributed by atoms with Crippen LogP contribution in [0, 0.1) is 11.8 Å². The highest BCUT2D eigenvalue weighted by Crippen LogP contribution is 1.95. The lowest BCUT2D eigenvalue weighted by molar-refractivity contribution is 0.280. The highest BCUT2D eigenvalue weighted by atomic mass is 16.3. The molecule has 1 heteroatoms. The molecule has 0 aliphatic heterocycles. The first-order valence-electron chi connectivity index (χ1n) is 4.20. The number of allylic oxidation sites excluding steroid dienone is 1. The SMILES string of the molecule is CC=CC(O)C#Cc1ccccc1. The van der Waals surface area contributed by atoms with Crippen molar-refractivity contribution in [2.24, 2.45) is 0 Å². The van der Waals surface area contributed by atoms with Gasteiger partial charge in [0, 0.05) is 5.56 Å². The minimum Gasteiger partial charge on any atom is -0.377 e. The van der Waals surface area contributed by atoms with Gasteiger partial charge in [-0.25, -0.2) is 0 Å². The lowest BCUT2D eigenvalue weighted by Gasteiger charge is -1.91. The average molecular weight is 172 g/mol. The molecule has 0 aromatic heterocycles. The molecule has 0 aliphatic carbocycles. The summed E-state index contributed by atoms with van der Waals surface area (Å²) in [5.74, 6) is 5.60. The van der Waals surface area contributed by atoms with Gasteiger partial charge < -0.3 is 5.11 Å². The molecule has 1 N–H and O–H groups in total. The summed E-state index contributed by atoms with van der Waals surface area (Å²) in [7, 11) is 0.